The van der Waals surface area contributed by atoms with E-state index in [-0.39, 0.29) is 5.91 Å². The van der Waals surface area contributed by atoms with Crippen LogP contribution in [0.2, 0.25) is 0 Å². The molecule has 2 heterocycles. The van der Waals surface area contributed by atoms with Crippen molar-refractivity contribution < 1.29 is 18.7 Å². The molecule has 0 aliphatic heterocycles. The zero-order chi connectivity index (χ0) is 24.6. The normalized spacial score (nSPS) is 11.7. The Morgan fingerprint density at radius 1 is 1.03 bits per heavy atom. The van der Waals surface area contributed by atoms with Gasteiger partial charge in [0.25, 0.3) is 5.91 Å². The molecule has 7 nitrogen and oxygen atoms in total. The number of ether oxygens (including phenoxy) is 2. The first-order valence-electron chi connectivity index (χ1n) is 10.7. The van der Waals surface area contributed by atoms with Crippen LogP contribution in [-0.2, 0) is 0 Å². The minimum Gasteiger partial charge on any atom is -0.493 e. The third-order valence-corrected chi connectivity index (χ3v) is 6.50. The number of methoxy groups -OCH3 is 2. The fourth-order valence-corrected chi connectivity index (χ4v) is 4.81. The molecule has 176 valence electrons. The van der Waals surface area contributed by atoms with E-state index in [1.54, 1.807) is 33.2 Å². The van der Waals surface area contributed by atoms with Crippen molar-refractivity contribution in [3.8, 4) is 22.8 Å². The van der Waals surface area contributed by atoms with Crippen LogP contribution in [0.3, 0.4) is 0 Å². The lowest BCUT2D eigenvalue weighted by Crippen LogP contribution is -2.21. The van der Waals surface area contributed by atoms with Crippen LogP contribution >= 0.6 is 11.3 Å². The lowest BCUT2D eigenvalue weighted by Gasteiger charge is -2.11. The summed E-state index contributed by atoms with van der Waals surface area (Å²) in [6.07, 6.45) is 0. The molecule has 0 atom stereocenters. The summed E-state index contributed by atoms with van der Waals surface area (Å²) in [7, 11) is 6.66. The molecule has 2 aromatic heterocycles. The Morgan fingerprint density at radius 2 is 1.76 bits per heavy atom. The first kappa shape index (κ1) is 23.5. The highest BCUT2D eigenvalue weighted by Crippen LogP contribution is 2.33. The Bertz CT molecular complexity index is 1470. The summed E-state index contributed by atoms with van der Waals surface area (Å²) in [5, 5.41) is 2.15. The van der Waals surface area contributed by atoms with Crippen molar-refractivity contribution in [2.75, 3.05) is 28.3 Å². The van der Waals surface area contributed by atoms with Crippen molar-refractivity contribution in [2.24, 2.45) is 4.99 Å². The average Bonchev–Trinajstić information content (AvgIpc) is 3.16. The number of hydrogen-bond acceptors (Lipinski definition) is 7. The summed E-state index contributed by atoms with van der Waals surface area (Å²) in [4.78, 5) is 24.1. The van der Waals surface area contributed by atoms with Gasteiger partial charge in [0.05, 0.1) is 25.3 Å². The Hall–Kier alpha value is -3.65. The zero-order valence-corrected chi connectivity index (χ0v) is 21.2. The summed E-state index contributed by atoms with van der Waals surface area (Å²) in [5.41, 5.74) is 4.36. The van der Waals surface area contributed by atoms with Gasteiger partial charge in [-0.3, -0.25) is 4.79 Å². The molecule has 0 saturated carbocycles. The van der Waals surface area contributed by atoms with Gasteiger partial charge in [0.2, 0.25) is 5.13 Å². The van der Waals surface area contributed by atoms with Gasteiger partial charge in [0.1, 0.15) is 16.2 Å². The molecule has 0 aliphatic rings. The summed E-state index contributed by atoms with van der Waals surface area (Å²) in [6, 6.07) is 11.6. The van der Waals surface area contributed by atoms with Gasteiger partial charge in [0, 0.05) is 31.1 Å². The molecular weight excluding hydrogens is 450 g/mol. The number of carbonyl (C=O) groups is 1. The highest BCUT2D eigenvalue weighted by Gasteiger charge is 2.17. The Morgan fingerprint density at radius 3 is 2.44 bits per heavy atom. The van der Waals surface area contributed by atoms with E-state index in [0.29, 0.717) is 33.0 Å². The lowest BCUT2D eigenvalue weighted by molar-refractivity contribution is 0.0831. The van der Waals surface area contributed by atoms with Crippen molar-refractivity contribution >= 4 is 33.3 Å². The monoisotopic (exact) mass is 477 g/mol. The SMILES string of the molecule is COc1ccc(-c2c/c(=N\c3nc(C)c(C(=O)N(C)C)s3)c3c(C)cc(C)cc3o2)cc1OC. The van der Waals surface area contributed by atoms with Crippen molar-refractivity contribution in [2.45, 2.75) is 20.8 Å². The van der Waals surface area contributed by atoms with Gasteiger partial charge in [-0.1, -0.05) is 17.4 Å². The van der Waals surface area contributed by atoms with E-state index in [1.165, 1.54) is 11.3 Å². The van der Waals surface area contributed by atoms with Gasteiger partial charge in [0.15, 0.2) is 11.5 Å². The van der Waals surface area contributed by atoms with Crippen LogP contribution in [0.5, 0.6) is 11.5 Å². The number of thiazole rings is 1. The van der Waals surface area contributed by atoms with Crippen molar-refractivity contribution in [3.63, 3.8) is 0 Å². The zero-order valence-electron chi connectivity index (χ0n) is 20.3. The van der Waals surface area contributed by atoms with E-state index < -0.39 is 0 Å². The highest BCUT2D eigenvalue weighted by molar-refractivity contribution is 7.17. The van der Waals surface area contributed by atoms with Gasteiger partial charge in [-0.05, 0) is 56.2 Å². The molecule has 0 saturated heterocycles. The minimum absolute atomic E-state index is 0.0813. The molecule has 0 spiro atoms. The van der Waals surface area contributed by atoms with Crippen LogP contribution < -0.4 is 14.8 Å². The Labute approximate surface area is 202 Å². The number of rotatable bonds is 5. The summed E-state index contributed by atoms with van der Waals surface area (Å²) in [6.45, 7) is 5.90. The number of carbonyl (C=O) groups excluding carboxylic acids is 1. The molecule has 8 heteroatoms. The molecule has 0 unspecified atom stereocenters. The topological polar surface area (TPSA) is 77.2 Å². The fourth-order valence-electron chi connectivity index (χ4n) is 3.84. The molecule has 0 fully saturated rings. The maximum absolute atomic E-state index is 12.5. The number of fused-ring (bicyclic) bond motifs is 1. The van der Waals surface area contributed by atoms with Crippen LogP contribution in [0, 0.1) is 20.8 Å². The van der Waals surface area contributed by atoms with Gasteiger partial charge in [-0.2, -0.15) is 0 Å². The van der Waals surface area contributed by atoms with Gasteiger partial charge in [-0.15, -0.1) is 0 Å². The second-order valence-corrected chi connectivity index (χ2v) is 9.22. The first-order chi connectivity index (χ1) is 16.2. The average molecular weight is 478 g/mol. The number of aryl methyl sites for hydroxylation is 3. The van der Waals surface area contributed by atoms with E-state index in [2.05, 4.69) is 11.1 Å². The summed E-state index contributed by atoms with van der Waals surface area (Å²) < 4.78 is 17.2. The van der Waals surface area contributed by atoms with Crippen LogP contribution in [-0.4, -0.2) is 44.1 Å². The molecule has 0 radical (unpaired) electrons. The number of hydrogen-bond donors (Lipinski definition) is 0. The van der Waals surface area contributed by atoms with E-state index >= 15 is 0 Å². The van der Waals surface area contributed by atoms with Crippen LogP contribution in [0.4, 0.5) is 5.13 Å². The van der Waals surface area contributed by atoms with Crippen molar-refractivity contribution in [1.29, 1.82) is 0 Å². The number of aromatic nitrogens is 1. The third kappa shape index (κ3) is 4.41. The summed E-state index contributed by atoms with van der Waals surface area (Å²) >= 11 is 1.28. The number of amides is 1. The van der Waals surface area contributed by atoms with Gasteiger partial charge < -0.3 is 18.8 Å². The van der Waals surface area contributed by atoms with Crippen LogP contribution in [0.1, 0.15) is 26.5 Å². The molecule has 0 N–H and O–H groups in total. The van der Waals surface area contributed by atoms with Gasteiger partial charge >= 0.3 is 0 Å². The quantitative estimate of drug-likeness (QED) is 0.383. The van der Waals surface area contributed by atoms with E-state index in [9.17, 15) is 4.79 Å². The van der Waals surface area contributed by atoms with E-state index in [1.807, 2.05) is 51.1 Å². The van der Waals surface area contributed by atoms with Crippen molar-refractivity contribution in [3.05, 3.63) is 63.5 Å². The standard InChI is InChI=1S/C26H27N3O4S/c1-14-10-15(2)23-18(28-26-27-16(3)24(34-26)25(30)29(4)5)13-20(33-22(23)11-14)17-8-9-19(31-6)21(12-17)32-7/h8-13H,1-7H3/b28-18+. The van der Waals surface area contributed by atoms with Gasteiger partial charge in [-0.25, -0.2) is 9.98 Å². The Kier molecular flexibility index (Phi) is 6.43. The maximum Gasteiger partial charge on any atom is 0.265 e. The maximum atomic E-state index is 12.5. The Balaban J connectivity index is 1.97. The number of benzene rings is 2. The molecule has 1 amide bonds. The fraction of sp³-hybridized carbons (Fsp3) is 0.269. The minimum atomic E-state index is -0.0813. The van der Waals surface area contributed by atoms with E-state index in [0.717, 1.165) is 33.0 Å². The molecular formula is C26H27N3O4S. The summed E-state index contributed by atoms with van der Waals surface area (Å²) in [5.74, 6) is 1.80. The molecule has 2 aromatic carbocycles. The largest absolute Gasteiger partial charge is 0.493 e. The molecule has 4 rings (SSSR count). The third-order valence-electron chi connectivity index (χ3n) is 5.46. The predicted molar refractivity (Wildman–Crippen MR) is 134 cm³/mol. The predicted octanol–water partition coefficient (Wildman–Crippen LogP) is 5.43. The second kappa shape index (κ2) is 9.30. The smallest absolute Gasteiger partial charge is 0.265 e. The molecule has 4 aromatic rings. The lowest BCUT2D eigenvalue weighted by atomic mass is 10.0. The molecule has 0 aliphatic carbocycles. The molecule has 34 heavy (non-hydrogen) atoms. The van der Waals surface area contributed by atoms with Crippen LogP contribution in [0.25, 0.3) is 22.3 Å². The van der Waals surface area contributed by atoms with Crippen molar-refractivity contribution in [1.82, 2.24) is 9.88 Å². The number of nitrogens with zero attached hydrogens (tertiary/aromatic N) is 3. The first-order valence-corrected chi connectivity index (χ1v) is 11.5. The van der Waals surface area contributed by atoms with E-state index in [4.69, 9.17) is 18.9 Å². The highest BCUT2D eigenvalue weighted by atomic mass is 32.1. The van der Waals surface area contributed by atoms with Crippen LogP contribution in [0.15, 0.2) is 45.8 Å². The second-order valence-electron chi connectivity index (χ2n) is 8.24. The molecule has 0 bridgehead atoms.